The first-order chi connectivity index (χ1) is 18.8. The van der Waals surface area contributed by atoms with Crippen LogP contribution in [-0.4, -0.2) is 78.4 Å². The van der Waals surface area contributed by atoms with Gasteiger partial charge in [-0.3, -0.25) is 9.59 Å². The monoisotopic (exact) mass is 562 g/mol. The highest BCUT2D eigenvalue weighted by molar-refractivity contribution is 5.93. The lowest BCUT2D eigenvalue weighted by Gasteiger charge is -2.40. The topological polar surface area (TPSA) is 234 Å². The van der Waals surface area contributed by atoms with Gasteiger partial charge in [0.05, 0.1) is 5.92 Å². The average molecular weight is 562 g/mol. The highest BCUT2D eigenvalue weighted by Crippen LogP contribution is 2.43. The van der Waals surface area contributed by atoms with Gasteiger partial charge in [0, 0.05) is 11.6 Å². The zero-order valence-electron chi connectivity index (χ0n) is 21.0. The van der Waals surface area contributed by atoms with E-state index >= 15 is 0 Å². The normalized spacial score (nSPS) is 23.4. The molecule has 14 nitrogen and oxygen atoms in total. The molecule has 0 saturated carbocycles. The fraction of sp³-hybridized carbons (Fsp3) is 0.346. The Kier molecular flexibility index (Phi) is 7.77. The van der Waals surface area contributed by atoms with Crippen LogP contribution in [0.3, 0.4) is 0 Å². The number of aliphatic hydroxyl groups is 2. The molecular weight excluding hydrogens is 536 g/mol. The third-order valence-corrected chi connectivity index (χ3v) is 6.49. The van der Waals surface area contributed by atoms with Gasteiger partial charge < -0.3 is 54.4 Å². The molecule has 0 aliphatic carbocycles. The van der Waals surface area contributed by atoms with E-state index in [1.54, 1.807) is 6.92 Å². The number of benzene rings is 2. The fourth-order valence-corrected chi connectivity index (χ4v) is 4.00. The number of carboxylic acids is 1. The van der Waals surface area contributed by atoms with Crippen LogP contribution in [0.2, 0.25) is 0 Å². The van der Waals surface area contributed by atoms with Crippen LogP contribution < -0.4 is 10.2 Å². The lowest BCUT2D eigenvalue weighted by molar-refractivity contribution is -0.277. The Hall–Kier alpha value is -4.53. The first kappa shape index (κ1) is 28.5. The first-order valence-corrected chi connectivity index (χ1v) is 12.0. The van der Waals surface area contributed by atoms with Gasteiger partial charge >= 0.3 is 11.9 Å². The van der Waals surface area contributed by atoms with E-state index in [0.717, 1.165) is 6.07 Å². The van der Waals surface area contributed by atoms with Gasteiger partial charge in [0.2, 0.25) is 23.2 Å². The molecule has 2 aromatic carbocycles. The number of fused-ring (bicyclic) bond motifs is 1. The summed E-state index contributed by atoms with van der Waals surface area (Å²) in [4.78, 5) is 36.9. The van der Waals surface area contributed by atoms with Crippen LogP contribution in [0, 0.1) is 5.92 Å². The minimum Gasteiger partial charge on any atom is -0.508 e. The standard InChI is InChI=1S/C26H26O14/c1-3-9(2)25(36)39-23-19(33)18(32)22(24(34)35)40-26(23)37-13-8-12(28)14-16(30)17(31)20(38-21(14)15(13)29)10-4-6-11(27)7-5-10/h4-9,18-19,22-23,26-29,31-33H,3H2,1-2H3,(H,34,35)/t9-,18+,19+,22+,23-,26-/m1/s1. The molecule has 0 amide bonds. The number of esters is 1. The summed E-state index contributed by atoms with van der Waals surface area (Å²) in [5, 5.41) is 71.0. The fourth-order valence-electron chi connectivity index (χ4n) is 4.00. The number of aromatic hydroxyl groups is 4. The third kappa shape index (κ3) is 5.06. The molecule has 1 aromatic heterocycles. The van der Waals surface area contributed by atoms with Gasteiger partial charge in [-0.05, 0) is 30.7 Å². The number of hydrogen-bond donors (Lipinski definition) is 7. The number of rotatable bonds is 7. The lowest BCUT2D eigenvalue weighted by Crippen LogP contribution is -2.62. The van der Waals surface area contributed by atoms with Crippen molar-refractivity contribution in [3.63, 3.8) is 0 Å². The summed E-state index contributed by atoms with van der Waals surface area (Å²) in [7, 11) is 0. The van der Waals surface area contributed by atoms with E-state index in [-0.39, 0.29) is 11.3 Å². The van der Waals surface area contributed by atoms with Gasteiger partial charge in [-0.25, -0.2) is 4.79 Å². The number of ether oxygens (including phenoxy) is 3. The molecule has 0 spiro atoms. The summed E-state index contributed by atoms with van der Waals surface area (Å²) in [6.45, 7) is 3.22. The second kappa shape index (κ2) is 10.9. The number of phenolic OH excluding ortho intramolecular Hbond substituents is 3. The maximum absolute atomic E-state index is 12.8. The molecule has 214 valence electrons. The number of aliphatic hydroxyl groups excluding tert-OH is 2. The molecule has 0 unspecified atom stereocenters. The Morgan fingerprint density at radius 3 is 2.27 bits per heavy atom. The predicted octanol–water partition coefficient (Wildman–Crippen LogP) is 1.15. The SMILES string of the molecule is CC[C@@H](C)C(=O)O[C@H]1[C@H](Oc2cc(O)c3c(=O)c(O)c(-c4ccc(O)cc4)oc3c2O)O[C@H](C(=O)O)[C@@H](O)[C@@H]1O. The molecule has 7 N–H and O–H groups in total. The summed E-state index contributed by atoms with van der Waals surface area (Å²) >= 11 is 0. The summed E-state index contributed by atoms with van der Waals surface area (Å²) < 4.78 is 21.6. The smallest absolute Gasteiger partial charge is 0.335 e. The van der Waals surface area contributed by atoms with Crippen molar-refractivity contribution in [2.24, 2.45) is 5.92 Å². The van der Waals surface area contributed by atoms with Crippen molar-refractivity contribution in [3.8, 4) is 40.1 Å². The average Bonchev–Trinajstić information content (AvgIpc) is 2.92. The van der Waals surface area contributed by atoms with Crippen molar-refractivity contribution >= 4 is 22.9 Å². The number of carbonyl (C=O) groups is 2. The summed E-state index contributed by atoms with van der Waals surface area (Å²) in [6.07, 6.45) is -9.44. The van der Waals surface area contributed by atoms with Crippen LogP contribution in [0.15, 0.2) is 39.5 Å². The summed E-state index contributed by atoms with van der Waals surface area (Å²) in [6, 6.07) is 5.84. The number of hydrogen-bond acceptors (Lipinski definition) is 13. The van der Waals surface area contributed by atoms with E-state index < -0.39 is 93.7 Å². The molecule has 1 saturated heterocycles. The van der Waals surface area contributed by atoms with Crippen LogP contribution in [0.25, 0.3) is 22.3 Å². The second-order valence-electron chi connectivity index (χ2n) is 9.18. The van der Waals surface area contributed by atoms with Crippen molar-refractivity contribution in [1.82, 2.24) is 0 Å². The van der Waals surface area contributed by atoms with Crippen LogP contribution in [0.4, 0.5) is 0 Å². The van der Waals surface area contributed by atoms with E-state index in [1.165, 1.54) is 31.2 Å². The Morgan fingerprint density at radius 1 is 1.02 bits per heavy atom. The van der Waals surface area contributed by atoms with E-state index in [0.29, 0.717) is 6.42 Å². The molecule has 2 heterocycles. The van der Waals surface area contributed by atoms with Gasteiger partial charge in [-0.2, -0.15) is 0 Å². The zero-order valence-corrected chi connectivity index (χ0v) is 21.0. The molecular formula is C26H26O14. The van der Waals surface area contributed by atoms with E-state index in [9.17, 15) is 50.1 Å². The summed E-state index contributed by atoms with van der Waals surface area (Å²) in [5.74, 6) is -7.01. The minimum atomic E-state index is -2.04. The number of carbonyl (C=O) groups excluding carboxylic acids is 1. The van der Waals surface area contributed by atoms with Gasteiger partial charge in [-0.15, -0.1) is 0 Å². The molecule has 40 heavy (non-hydrogen) atoms. The quantitative estimate of drug-likeness (QED) is 0.158. The number of carboxylic acid groups (broad SMARTS) is 1. The maximum Gasteiger partial charge on any atom is 0.335 e. The molecule has 1 fully saturated rings. The van der Waals surface area contributed by atoms with E-state index in [4.69, 9.17) is 18.6 Å². The third-order valence-electron chi connectivity index (χ3n) is 6.49. The molecule has 4 rings (SSSR count). The second-order valence-corrected chi connectivity index (χ2v) is 9.18. The number of phenols is 3. The van der Waals surface area contributed by atoms with Crippen LogP contribution in [0.1, 0.15) is 20.3 Å². The summed E-state index contributed by atoms with van der Waals surface area (Å²) in [5.41, 5.74) is -1.66. The van der Waals surface area contributed by atoms with Crippen molar-refractivity contribution in [2.45, 2.75) is 51.0 Å². The minimum absolute atomic E-state index is 0.119. The maximum atomic E-state index is 12.8. The highest BCUT2D eigenvalue weighted by atomic mass is 16.7. The highest BCUT2D eigenvalue weighted by Gasteiger charge is 2.51. The Bertz CT molecular complexity index is 1490. The molecule has 3 aromatic rings. The molecule has 0 bridgehead atoms. The molecule has 1 aliphatic heterocycles. The van der Waals surface area contributed by atoms with Crippen molar-refractivity contribution in [2.75, 3.05) is 0 Å². The lowest BCUT2D eigenvalue weighted by atomic mass is 9.98. The molecule has 14 heteroatoms. The van der Waals surface area contributed by atoms with Crippen LogP contribution >= 0.6 is 0 Å². The Balaban J connectivity index is 1.81. The van der Waals surface area contributed by atoms with Crippen molar-refractivity contribution in [1.29, 1.82) is 0 Å². The van der Waals surface area contributed by atoms with Gasteiger partial charge in [-0.1, -0.05) is 13.8 Å². The molecule has 1 aliphatic rings. The Morgan fingerprint density at radius 2 is 1.68 bits per heavy atom. The molecule has 0 radical (unpaired) electrons. The first-order valence-electron chi connectivity index (χ1n) is 12.0. The Labute approximate surface area is 224 Å². The van der Waals surface area contributed by atoms with E-state index in [2.05, 4.69) is 0 Å². The zero-order chi connectivity index (χ0) is 29.5. The van der Waals surface area contributed by atoms with Gasteiger partial charge in [0.15, 0.2) is 29.3 Å². The van der Waals surface area contributed by atoms with Crippen molar-refractivity contribution in [3.05, 3.63) is 40.6 Å². The largest absolute Gasteiger partial charge is 0.508 e. The van der Waals surface area contributed by atoms with E-state index in [1.807, 2.05) is 0 Å². The van der Waals surface area contributed by atoms with Crippen LogP contribution in [0.5, 0.6) is 28.7 Å². The van der Waals surface area contributed by atoms with Crippen molar-refractivity contribution < 1.29 is 64.0 Å². The van der Waals surface area contributed by atoms with Crippen LogP contribution in [-0.2, 0) is 19.1 Å². The van der Waals surface area contributed by atoms with Gasteiger partial charge in [0.1, 0.15) is 29.1 Å². The predicted molar refractivity (Wildman–Crippen MR) is 133 cm³/mol. The number of aliphatic carboxylic acids is 1. The van der Waals surface area contributed by atoms with Gasteiger partial charge in [0.25, 0.3) is 0 Å². The molecule has 6 atom stereocenters.